The van der Waals surface area contributed by atoms with E-state index < -0.39 is 72.3 Å². The van der Waals surface area contributed by atoms with E-state index in [1.165, 1.54) is 21.9 Å². The Labute approximate surface area is 335 Å². The first-order valence-corrected chi connectivity index (χ1v) is 20.0. The number of likely N-dealkylation sites (tertiary alicyclic amines) is 1. The highest BCUT2D eigenvalue weighted by Crippen LogP contribution is 2.23. The number of aromatic hydroxyl groups is 1. The maximum atomic E-state index is 14.4. The van der Waals surface area contributed by atoms with Gasteiger partial charge in [0.05, 0.1) is 12.6 Å². The third kappa shape index (κ3) is 16.6. The van der Waals surface area contributed by atoms with E-state index in [0.29, 0.717) is 51.5 Å². The molecule has 1 saturated heterocycles. The lowest BCUT2D eigenvalue weighted by atomic mass is 9.97. The summed E-state index contributed by atoms with van der Waals surface area (Å²) < 4.78 is 0. The fourth-order valence-corrected chi connectivity index (χ4v) is 6.62. The molecule has 6 atom stereocenters. The van der Waals surface area contributed by atoms with Gasteiger partial charge in [0.15, 0.2) is 5.96 Å². The van der Waals surface area contributed by atoms with Crippen molar-refractivity contribution in [2.24, 2.45) is 39.8 Å². The van der Waals surface area contributed by atoms with Gasteiger partial charge in [-0.1, -0.05) is 46.2 Å². The van der Waals surface area contributed by atoms with Gasteiger partial charge in [-0.15, -0.1) is 0 Å². The molecular formula is C39H66N10O8. The Balaban J connectivity index is 2.34. The van der Waals surface area contributed by atoms with Crippen LogP contribution < -0.4 is 38.9 Å². The lowest BCUT2D eigenvalue weighted by Crippen LogP contribution is -2.58. The summed E-state index contributed by atoms with van der Waals surface area (Å²) in [7, 11) is 0. The molecule has 1 aromatic rings. The molecule has 5 amide bonds. The Morgan fingerprint density at radius 3 is 2.21 bits per heavy atom. The molecule has 0 spiro atoms. The molecule has 18 nitrogen and oxygen atoms in total. The van der Waals surface area contributed by atoms with Crippen molar-refractivity contribution in [3.63, 3.8) is 0 Å². The van der Waals surface area contributed by atoms with Crippen LogP contribution in [0.3, 0.4) is 0 Å². The highest BCUT2D eigenvalue weighted by molar-refractivity contribution is 5.95. The molecule has 0 bridgehead atoms. The topological polar surface area (TPSA) is 302 Å². The van der Waals surface area contributed by atoms with Crippen molar-refractivity contribution in [2.75, 3.05) is 32.7 Å². The number of carboxylic acid groups (broad SMARTS) is 1. The number of aliphatic imine (C=N–C) groups is 1. The molecule has 1 fully saturated rings. The van der Waals surface area contributed by atoms with Gasteiger partial charge in [-0.3, -0.25) is 29.0 Å². The second kappa shape index (κ2) is 24.6. The van der Waals surface area contributed by atoms with E-state index in [9.17, 15) is 39.0 Å². The number of nitrogens with zero attached hydrogens (tertiary/aromatic N) is 3. The average molecular weight is 803 g/mol. The zero-order valence-corrected chi connectivity index (χ0v) is 34.0. The number of amides is 5. The second-order valence-corrected chi connectivity index (χ2v) is 15.2. The van der Waals surface area contributed by atoms with Crippen LogP contribution in [0, 0.1) is 11.8 Å². The molecule has 57 heavy (non-hydrogen) atoms. The monoisotopic (exact) mass is 803 g/mol. The van der Waals surface area contributed by atoms with Crippen molar-refractivity contribution in [2.45, 2.75) is 122 Å². The van der Waals surface area contributed by atoms with Crippen LogP contribution in [0.25, 0.3) is 0 Å². The first kappa shape index (κ1) is 48.2. The predicted molar refractivity (Wildman–Crippen MR) is 216 cm³/mol. The van der Waals surface area contributed by atoms with Gasteiger partial charge in [0, 0.05) is 19.6 Å². The molecule has 6 unspecified atom stereocenters. The highest BCUT2D eigenvalue weighted by Gasteiger charge is 2.40. The van der Waals surface area contributed by atoms with Gasteiger partial charge in [-0.25, -0.2) is 4.79 Å². The first-order valence-electron chi connectivity index (χ1n) is 20.0. The Morgan fingerprint density at radius 2 is 1.61 bits per heavy atom. The molecule has 0 aromatic heterocycles. The summed E-state index contributed by atoms with van der Waals surface area (Å²) in [4.78, 5) is 87.5. The van der Waals surface area contributed by atoms with Crippen molar-refractivity contribution >= 4 is 41.5 Å². The van der Waals surface area contributed by atoms with E-state index in [-0.39, 0.29) is 62.4 Å². The van der Waals surface area contributed by atoms with E-state index in [4.69, 9.17) is 22.9 Å². The lowest BCUT2D eigenvalue weighted by molar-refractivity contribution is -0.147. The van der Waals surface area contributed by atoms with Crippen LogP contribution in [0.5, 0.6) is 5.75 Å². The molecular weight excluding hydrogens is 736 g/mol. The fourth-order valence-electron chi connectivity index (χ4n) is 6.62. The van der Waals surface area contributed by atoms with Gasteiger partial charge >= 0.3 is 5.97 Å². The summed E-state index contributed by atoms with van der Waals surface area (Å²) in [6.45, 7) is 7.83. The smallest absolute Gasteiger partial charge is 0.326 e. The summed E-state index contributed by atoms with van der Waals surface area (Å²) in [5.74, 6) is -4.31. The van der Waals surface area contributed by atoms with E-state index in [1.54, 1.807) is 19.1 Å². The maximum absolute atomic E-state index is 14.4. The minimum atomic E-state index is -1.18. The number of phenols is 1. The van der Waals surface area contributed by atoms with Crippen LogP contribution in [-0.2, 0) is 35.2 Å². The van der Waals surface area contributed by atoms with Gasteiger partial charge in [-0.2, -0.15) is 0 Å². The number of unbranched alkanes of at least 4 members (excludes halogenated alkanes) is 1. The Hall–Kier alpha value is -4.97. The van der Waals surface area contributed by atoms with E-state index >= 15 is 0 Å². The molecule has 13 N–H and O–H groups in total. The van der Waals surface area contributed by atoms with Gasteiger partial charge in [-0.05, 0) is 93.9 Å². The minimum Gasteiger partial charge on any atom is -0.508 e. The third-order valence-corrected chi connectivity index (χ3v) is 10.1. The van der Waals surface area contributed by atoms with Crippen molar-refractivity contribution in [3.8, 4) is 5.75 Å². The number of nitrogens with one attached hydrogen (secondary N) is 3. The normalized spacial score (nSPS) is 16.5. The number of phenolic OH excluding ortho intramolecular Hbond substituents is 1. The number of nitrogens with two attached hydrogens (primary N) is 4. The SMILES string of the molecule is CCC(C)C(NC(=O)CN(CCc1ccc(O)cc1)C(=O)C1CCCN1C(=O)C(CCCCN)NC(=O)C(N)CCCN=C(N)N)C(=O)NC(CC(C)C)C(=O)O. The highest BCUT2D eigenvalue weighted by atomic mass is 16.4. The Bertz CT molecular complexity index is 1500. The molecule has 320 valence electrons. The number of guanidine groups is 1. The van der Waals surface area contributed by atoms with Crippen molar-refractivity contribution in [3.05, 3.63) is 29.8 Å². The number of carbonyl (C=O) groups is 6. The van der Waals surface area contributed by atoms with E-state index in [1.807, 2.05) is 20.8 Å². The first-order chi connectivity index (χ1) is 27.0. The van der Waals surface area contributed by atoms with Crippen LogP contribution >= 0.6 is 0 Å². The molecule has 1 aromatic carbocycles. The predicted octanol–water partition coefficient (Wildman–Crippen LogP) is -0.105. The van der Waals surface area contributed by atoms with Crippen LogP contribution in [-0.4, -0.2) is 124 Å². The van der Waals surface area contributed by atoms with Crippen LogP contribution in [0.2, 0.25) is 0 Å². The molecule has 1 heterocycles. The zero-order chi connectivity index (χ0) is 42.7. The van der Waals surface area contributed by atoms with Gasteiger partial charge in [0.25, 0.3) is 0 Å². The zero-order valence-electron chi connectivity index (χ0n) is 34.0. The molecule has 1 aliphatic rings. The third-order valence-electron chi connectivity index (χ3n) is 10.1. The van der Waals surface area contributed by atoms with Crippen molar-refractivity contribution < 1.29 is 39.0 Å². The van der Waals surface area contributed by atoms with Crippen LogP contribution in [0.4, 0.5) is 0 Å². The minimum absolute atomic E-state index is 0.0128. The van der Waals surface area contributed by atoms with Crippen LogP contribution in [0.1, 0.15) is 91.0 Å². The second-order valence-electron chi connectivity index (χ2n) is 15.2. The largest absolute Gasteiger partial charge is 0.508 e. The van der Waals surface area contributed by atoms with Crippen LogP contribution in [0.15, 0.2) is 29.3 Å². The summed E-state index contributed by atoms with van der Waals surface area (Å²) in [5, 5.41) is 27.6. The number of carbonyl (C=O) groups excluding carboxylic acids is 5. The van der Waals surface area contributed by atoms with Crippen molar-refractivity contribution in [1.29, 1.82) is 0 Å². The molecule has 2 rings (SSSR count). The standard InChI is InChI=1S/C39H66N10O8/c1-5-25(4)33(35(53)46-30(38(56)57)22-24(2)3)47-32(51)23-48(21-17-26-13-15-27(50)16-14-26)37(55)31-12-9-20-49(31)36(54)29(11-6-7-18-40)45-34(52)28(41)10-8-19-44-39(42)43/h13-16,24-25,28-31,33,50H,5-12,17-23,40-41H2,1-4H3,(H,45,52)(H,46,53)(H,47,51)(H,56,57)(H4,42,43,44). The Morgan fingerprint density at radius 1 is 0.947 bits per heavy atom. The number of aliphatic carboxylic acids is 1. The van der Waals surface area contributed by atoms with E-state index in [2.05, 4.69) is 20.9 Å². The van der Waals surface area contributed by atoms with Gasteiger partial charge < -0.3 is 58.9 Å². The average Bonchev–Trinajstić information content (AvgIpc) is 3.66. The maximum Gasteiger partial charge on any atom is 0.326 e. The molecule has 18 heteroatoms. The number of hydrogen-bond acceptors (Lipinski definition) is 10. The van der Waals surface area contributed by atoms with E-state index in [0.717, 1.165) is 5.56 Å². The molecule has 0 aliphatic carbocycles. The quantitative estimate of drug-likeness (QED) is 0.0356. The summed E-state index contributed by atoms with van der Waals surface area (Å²) in [6, 6.07) is 1.35. The molecule has 0 saturated carbocycles. The number of rotatable bonds is 25. The van der Waals surface area contributed by atoms with Gasteiger partial charge in [0.1, 0.15) is 29.9 Å². The summed E-state index contributed by atoms with van der Waals surface area (Å²) in [6.07, 6.45) is 3.95. The molecule has 1 aliphatic heterocycles. The summed E-state index contributed by atoms with van der Waals surface area (Å²) in [5.41, 5.74) is 23.4. The van der Waals surface area contributed by atoms with Crippen molar-refractivity contribution in [1.82, 2.24) is 25.8 Å². The number of hydrogen-bond donors (Lipinski definition) is 9. The number of carboxylic acids is 1. The molecule has 0 radical (unpaired) electrons. The van der Waals surface area contributed by atoms with Gasteiger partial charge in [0.2, 0.25) is 29.5 Å². The number of benzene rings is 1. The summed E-state index contributed by atoms with van der Waals surface area (Å²) >= 11 is 0. The Kier molecular flexibility index (Phi) is 20.8. The lowest BCUT2D eigenvalue weighted by Gasteiger charge is -2.33. The fraction of sp³-hybridized carbons (Fsp3) is 0.667.